The van der Waals surface area contributed by atoms with Gasteiger partial charge in [-0.05, 0) is 23.8 Å². The van der Waals surface area contributed by atoms with E-state index in [1.165, 1.54) is 11.1 Å². The second kappa shape index (κ2) is 7.44. The number of ether oxygens (including phenoxy) is 3. The van der Waals surface area contributed by atoms with Crippen molar-refractivity contribution in [2.75, 3.05) is 26.6 Å². The Hall–Kier alpha value is -2.07. The highest BCUT2D eigenvalue weighted by Gasteiger charge is 2.42. The van der Waals surface area contributed by atoms with E-state index in [0.717, 1.165) is 23.0 Å². The summed E-state index contributed by atoms with van der Waals surface area (Å²) in [5, 5.41) is 0.272. The van der Waals surface area contributed by atoms with Crippen LogP contribution in [0.5, 0.6) is 17.2 Å². The maximum absolute atomic E-state index is 6.15. The lowest BCUT2D eigenvalue weighted by atomic mass is 9.76. The van der Waals surface area contributed by atoms with Gasteiger partial charge in [-0.1, -0.05) is 31.2 Å². The van der Waals surface area contributed by atoms with E-state index in [-0.39, 0.29) is 10.7 Å². The Morgan fingerprint density at radius 2 is 1.84 bits per heavy atom. The molecule has 0 unspecified atom stereocenters. The maximum Gasteiger partial charge on any atom is 0.127 e. The quantitative estimate of drug-likeness (QED) is 0.680. The molecule has 1 heterocycles. The minimum absolute atomic E-state index is 0.137. The van der Waals surface area contributed by atoms with E-state index >= 15 is 0 Å². The topological polar surface area (TPSA) is 27.7 Å². The fraction of sp³-hybridized carbons (Fsp3) is 0.333. The molecule has 25 heavy (non-hydrogen) atoms. The van der Waals surface area contributed by atoms with Crippen molar-refractivity contribution in [3.05, 3.63) is 66.2 Å². The number of benzene rings is 2. The lowest BCUT2D eigenvalue weighted by molar-refractivity contribution is 0.196. The van der Waals surface area contributed by atoms with Crippen LogP contribution in [-0.2, 0) is 5.41 Å². The first-order valence-corrected chi connectivity index (χ1v) is 9.35. The fourth-order valence-corrected chi connectivity index (χ4v) is 4.55. The Morgan fingerprint density at radius 1 is 1.16 bits per heavy atom. The second-order valence-electron chi connectivity index (χ2n) is 6.34. The summed E-state index contributed by atoms with van der Waals surface area (Å²) in [7, 11) is 3.36. The summed E-state index contributed by atoms with van der Waals surface area (Å²) in [6.45, 7) is 6.77. The molecule has 1 aliphatic rings. The number of fused-ring (bicyclic) bond motifs is 1. The van der Waals surface area contributed by atoms with Crippen LogP contribution in [0.15, 0.2) is 55.1 Å². The normalized spacial score (nSPS) is 21.8. The smallest absolute Gasteiger partial charge is 0.127 e. The van der Waals surface area contributed by atoms with Crippen LogP contribution < -0.4 is 14.2 Å². The molecule has 0 saturated carbocycles. The molecule has 0 fully saturated rings. The molecule has 0 radical (unpaired) electrons. The summed E-state index contributed by atoms with van der Waals surface area (Å²) in [5.74, 6) is 3.48. The zero-order valence-electron chi connectivity index (χ0n) is 15.0. The molecule has 3 rings (SSSR count). The molecule has 0 spiro atoms. The molecule has 0 amide bonds. The van der Waals surface area contributed by atoms with Gasteiger partial charge in [-0.25, -0.2) is 0 Å². The minimum Gasteiger partial charge on any atom is -0.497 e. The van der Waals surface area contributed by atoms with Gasteiger partial charge in [0, 0.05) is 28.0 Å². The van der Waals surface area contributed by atoms with Gasteiger partial charge in [-0.2, -0.15) is 0 Å². The molecule has 0 aliphatic carbocycles. The van der Waals surface area contributed by atoms with E-state index in [4.69, 9.17) is 14.2 Å². The summed E-state index contributed by atoms with van der Waals surface area (Å²) in [4.78, 5) is 0. The van der Waals surface area contributed by atoms with Crippen LogP contribution in [0.25, 0.3) is 0 Å². The van der Waals surface area contributed by atoms with Gasteiger partial charge in [0.1, 0.15) is 17.2 Å². The lowest BCUT2D eigenvalue weighted by Crippen LogP contribution is -2.39. The van der Waals surface area contributed by atoms with Crippen molar-refractivity contribution in [2.24, 2.45) is 0 Å². The van der Waals surface area contributed by atoms with Crippen molar-refractivity contribution in [3.63, 3.8) is 0 Å². The largest absolute Gasteiger partial charge is 0.497 e. The molecule has 0 saturated heterocycles. The predicted molar refractivity (Wildman–Crippen MR) is 104 cm³/mol. The van der Waals surface area contributed by atoms with Gasteiger partial charge in [-0.15, -0.1) is 18.3 Å². The summed E-state index contributed by atoms with van der Waals surface area (Å²) < 4.78 is 16.8. The van der Waals surface area contributed by atoms with Crippen molar-refractivity contribution in [1.29, 1.82) is 0 Å². The highest BCUT2D eigenvalue weighted by Crippen LogP contribution is 2.52. The van der Waals surface area contributed by atoms with E-state index in [1.54, 1.807) is 14.2 Å². The Bertz CT molecular complexity index is 741. The Balaban J connectivity index is 2.03. The van der Waals surface area contributed by atoms with Gasteiger partial charge in [-0.3, -0.25) is 0 Å². The number of rotatable bonds is 6. The molecule has 1 aliphatic heterocycles. The summed E-state index contributed by atoms with van der Waals surface area (Å²) in [6, 6.07) is 14.4. The molecular weight excluding hydrogens is 332 g/mol. The van der Waals surface area contributed by atoms with Crippen molar-refractivity contribution in [3.8, 4) is 17.2 Å². The average Bonchev–Trinajstić information content (AvgIpc) is 2.67. The van der Waals surface area contributed by atoms with Gasteiger partial charge in [0.15, 0.2) is 0 Å². The Labute approximate surface area is 154 Å². The molecular formula is C21H24O3S. The zero-order chi connectivity index (χ0) is 17.9. The van der Waals surface area contributed by atoms with E-state index < -0.39 is 0 Å². The first kappa shape index (κ1) is 17.7. The molecule has 3 nitrogen and oxygen atoms in total. The third-order valence-corrected chi connectivity index (χ3v) is 6.28. The van der Waals surface area contributed by atoms with E-state index in [0.29, 0.717) is 6.61 Å². The van der Waals surface area contributed by atoms with Crippen molar-refractivity contribution in [1.82, 2.24) is 0 Å². The predicted octanol–water partition coefficient (Wildman–Crippen LogP) is 5.01. The van der Waals surface area contributed by atoms with Crippen LogP contribution in [-0.4, -0.2) is 26.6 Å². The number of methoxy groups -OCH3 is 2. The Morgan fingerprint density at radius 3 is 2.48 bits per heavy atom. The van der Waals surface area contributed by atoms with Gasteiger partial charge in [0.05, 0.1) is 20.8 Å². The highest BCUT2D eigenvalue weighted by molar-refractivity contribution is 7.99. The summed E-state index contributed by atoms with van der Waals surface area (Å²) in [5.41, 5.74) is 2.31. The maximum atomic E-state index is 6.15. The highest BCUT2D eigenvalue weighted by atomic mass is 32.2. The van der Waals surface area contributed by atoms with Crippen molar-refractivity contribution < 1.29 is 14.2 Å². The van der Waals surface area contributed by atoms with Crippen molar-refractivity contribution >= 4 is 11.8 Å². The van der Waals surface area contributed by atoms with E-state index in [9.17, 15) is 0 Å². The molecule has 0 aromatic heterocycles. The second-order valence-corrected chi connectivity index (χ2v) is 7.48. The van der Waals surface area contributed by atoms with Crippen LogP contribution in [0.3, 0.4) is 0 Å². The van der Waals surface area contributed by atoms with E-state index in [2.05, 4.69) is 31.7 Å². The number of hydrogen-bond donors (Lipinski definition) is 0. The van der Waals surface area contributed by atoms with Crippen molar-refractivity contribution in [2.45, 2.75) is 17.6 Å². The number of hydrogen-bond acceptors (Lipinski definition) is 4. The van der Waals surface area contributed by atoms with Crippen LogP contribution in [0.2, 0.25) is 0 Å². The molecule has 132 valence electrons. The van der Waals surface area contributed by atoms with E-state index in [1.807, 2.05) is 42.1 Å². The molecule has 2 aromatic rings. The SMILES string of the molecule is C=CCS[C@@H]1c2ccc(OC)cc2OC[C@]1(C)c1ccc(OC)cc1. The first-order valence-electron chi connectivity index (χ1n) is 8.30. The minimum atomic E-state index is -0.137. The lowest BCUT2D eigenvalue weighted by Gasteiger charge is -2.42. The number of thioether (sulfide) groups is 1. The van der Waals surface area contributed by atoms with Gasteiger partial charge in [0.2, 0.25) is 0 Å². The molecule has 0 N–H and O–H groups in total. The standard InChI is InChI=1S/C21H24O3S/c1-5-12-25-20-18-11-10-17(23-4)13-19(18)24-14-21(20,2)15-6-8-16(22-3)9-7-15/h5-11,13,20H,1,12,14H2,2-4H3/t20-,21-/m1/s1. The third kappa shape index (κ3) is 3.36. The average molecular weight is 356 g/mol. The zero-order valence-corrected chi connectivity index (χ0v) is 15.8. The van der Waals surface area contributed by atoms with Crippen LogP contribution in [0.4, 0.5) is 0 Å². The summed E-state index contributed by atoms with van der Waals surface area (Å²) in [6.07, 6.45) is 1.96. The van der Waals surface area contributed by atoms with Gasteiger partial charge >= 0.3 is 0 Å². The van der Waals surface area contributed by atoms with Crippen LogP contribution in [0, 0.1) is 0 Å². The van der Waals surface area contributed by atoms with Gasteiger partial charge < -0.3 is 14.2 Å². The summed E-state index contributed by atoms with van der Waals surface area (Å²) >= 11 is 1.90. The van der Waals surface area contributed by atoms with Crippen LogP contribution in [0.1, 0.15) is 23.3 Å². The Kier molecular flexibility index (Phi) is 5.28. The first-order chi connectivity index (χ1) is 12.1. The monoisotopic (exact) mass is 356 g/mol. The fourth-order valence-electron chi connectivity index (χ4n) is 3.27. The van der Waals surface area contributed by atoms with Crippen LogP contribution >= 0.6 is 11.8 Å². The molecule has 4 heteroatoms. The van der Waals surface area contributed by atoms with Gasteiger partial charge in [0.25, 0.3) is 0 Å². The molecule has 2 atom stereocenters. The molecule has 0 bridgehead atoms. The molecule has 2 aromatic carbocycles. The third-order valence-electron chi connectivity index (χ3n) is 4.74.